The molecule has 0 bridgehead atoms. The highest BCUT2D eigenvalue weighted by atomic mass is 16.5. The molecule has 0 spiro atoms. The van der Waals surface area contributed by atoms with Gasteiger partial charge < -0.3 is 10.5 Å². The van der Waals surface area contributed by atoms with Crippen LogP contribution in [0.2, 0.25) is 0 Å². The lowest BCUT2D eigenvalue weighted by atomic mass is 10.0. The molecule has 14 heavy (non-hydrogen) atoms. The van der Waals surface area contributed by atoms with Gasteiger partial charge in [0.2, 0.25) is 0 Å². The van der Waals surface area contributed by atoms with Gasteiger partial charge in [-0.2, -0.15) is 0 Å². The summed E-state index contributed by atoms with van der Waals surface area (Å²) in [6.07, 6.45) is 1.98. The van der Waals surface area contributed by atoms with Crippen LogP contribution in [0.3, 0.4) is 0 Å². The van der Waals surface area contributed by atoms with Crippen molar-refractivity contribution in [3.8, 4) is 5.75 Å². The Morgan fingerprint density at radius 1 is 1.29 bits per heavy atom. The summed E-state index contributed by atoms with van der Waals surface area (Å²) < 4.78 is 5.66. The molecular formula is C12H19NO. The van der Waals surface area contributed by atoms with Gasteiger partial charge in [-0.3, -0.25) is 0 Å². The molecule has 0 aliphatic rings. The Kier molecular flexibility index (Phi) is 3.81. The van der Waals surface area contributed by atoms with Gasteiger partial charge >= 0.3 is 0 Å². The number of ether oxygens (including phenoxy) is 1. The second-order valence-corrected chi connectivity index (χ2v) is 3.48. The van der Waals surface area contributed by atoms with Crippen molar-refractivity contribution in [1.82, 2.24) is 0 Å². The first kappa shape index (κ1) is 10.9. The Labute approximate surface area is 86.1 Å². The van der Waals surface area contributed by atoms with Gasteiger partial charge in [0.05, 0.1) is 12.3 Å². The lowest BCUT2D eigenvalue weighted by Gasteiger charge is -2.14. The number of anilines is 1. The Hall–Kier alpha value is -1.18. The Morgan fingerprint density at radius 3 is 2.57 bits per heavy atom. The van der Waals surface area contributed by atoms with Crippen LogP contribution in [0.25, 0.3) is 0 Å². The van der Waals surface area contributed by atoms with E-state index < -0.39 is 0 Å². The van der Waals surface area contributed by atoms with E-state index in [2.05, 4.69) is 20.8 Å². The third-order valence-corrected chi connectivity index (χ3v) is 2.33. The van der Waals surface area contributed by atoms with Gasteiger partial charge in [-0.1, -0.05) is 19.9 Å². The van der Waals surface area contributed by atoms with Crippen molar-refractivity contribution in [2.45, 2.75) is 33.6 Å². The van der Waals surface area contributed by atoms with Crippen molar-refractivity contribution in [1.29, 1.82) is 0 Å². The predicted octanol–water partition coefficient (Wildman–Crippen LogP) is 2.93. The van der Waals surface area contributed by atoms with E-state index in [1.165, 1.54) is 11.1 Å². The van der Waals surface area contributed by atoms with Crippen LogP contribution in [0.5, 0.6) is 5.75 Å². The molecule has 0 aliphatic heterocycles. The number of hydrogen-bond acceptors (Lipinski definition) is 2. The molecule has 0 heterocycles. The fourth-order valence-electron chi connectivity index (χ4n) is 1.56. The zero-order valence-electron chi connectivity index (χ0n) is 9.26. The van der Waals surface area contributed by atoms with E-state index in [1.807, 2.05) is 12.1 Å². The molecule has 2 N–H and O–H groups in total. The van der Waals surface area contributed by atoms with Crippen molar-refractivity contribution in [3.05, 3.63) is 23.3 Å². The summed E-state index contributed by atoms with van der Waals surface area (Å²) in [6.45, 7) is 7.05. The van der Waals surface area contributed by atoms with E-state index in [4.69, 9.17) is 10.5 Å². The second-order valence-electron chi connectivity index (χ2n) is 3.48. The van der Waals surface area contributed by atoms with Gasteiger partial charge in [0.1, 0.15) is 5.75 Å². The monoisotopic (exact) mass is 193 g/mol. The van der Waals surface area contributed by atoms with E-state index in [0.29, 0.717) is 0 Å². The van der Waals surface area contributed by atoms with Crippen LogP contribution in [-0.4, -0.2) is 6.61 Å². The molecule has 0 aliphatic carbocycles. The summed E-state index contributed by atoms with van der Waals surface area (Å²) in [5.41, 5.74) is 9.12. The summed E-state index contributed by atoms with van der Waals surface area (Å²) in [5.74, 6) is 0.884. The van der Waals surface area contributed by atoms with Crippen LogP contribution < -0.4 is 10.5 Å². The standard InChI is InChI=1S/C12H19NO/c1-4-8-14-12-10(5-2)9(3)6-7-11(12)13/h6-7H,4-5,8,13H2,1-3H3. The van der Waals surface area contributed by atoms with Crippen LogP contribution in [0, 0.1) is 6.92 Å². The number of nitrogens with two attached hydrogens (primary N) is 1. The fourth-order valence-corrected chi connectivity index (χ4v) is 1.56. The lowest BCUT2D eigenvalue weighted by molar-refractivity contribution is 0.316. The van der Waals surface area contributed by atoms with E-state index in [9.17, 15) is 0 Å². The van der Waals surface area contributed by atoms with Crippen LogP contribution in [0.4, 0.5) is 5.69 Å². The highest BCUT2D eigenvalue weighted by Gasteiger charge is 2.08. The van der Waals surface area contributed by atoms with Crippen molar-refractivity contribution in [2.75, 3.05) is 12.3 Å². The van der Waals surface area contributed by atoms with Gasteiger partial charge in [-0.25, -0.2) is 0 Å². The molecule has 0 saturated carbocycles. The normalized spacial score (nSPS) is 10.2. The first-order valence-electron chi connectivity index (χ1n) is 5.21. The molecule has 0 aromatic heterocycles. The van der Waals surface area contributed by atoms with Crippen LogP contribution >= 0.6 is 0 Å². The highest BCUT2D eigenvalue weighted by Crippen LogP contribution is 2.29. The number of nitrogen functional groups attached to an aromatic ring is 1. The first-order chi connectivity index (χ1) is 6.70. The predicted molar refractivity (Wildman–Crippen MR) is 60.8 cm³/mol. The molecule has 2 nitrogen and oxygen atoms in total. The Bertz CT molecular complexity index is 307. The number of aryl methyl sites for hydroxylation is 1. The zero-order chi connectivity index (χ0) is 10.6. The smallest absolute Gasteiger partial charge is 0.145 e. The maximum absolute atomic E-state index is 5.88. The second kappa shape index (κ2) is 4.89. The molecule has 0 atom stereocenters. The number of hydrogen-bond donors (Lipinski definition) is 1. The van der Waals surface area contributed by atoms with Gasteiger partial charge in [0.25, 0.3) is 0 Å². The minimum absolute atomic E-state index is 0.737. The number of rotatable bonds is 4. The topological polar surface area (TPSA) is 35.2 Å². The molecule has 1 rings (SSSR count). The molecule has 0 amide bonds. The average molecular weight is 193 g/mol. The van der Waals surface area contributed by atoms with Crippen molar-refractivity contribution in [3.63, 3.8) is 0 Å². The van der Waals surface area contributed by atoms with Gasteiger partial charge in [-0.15, -0.1) is 0 Å². The van der Waals surface area contributed by atoms with Crippen LogP contribution in [-0.2, 0) is 6.42 Å². The SMILES string of the molecule is CCCOc1c(N)ccc(C)c1CC. The molecule has 0 fully saturated rings. The molecule has 1 aromatic carbocycles. The van der Waals surface area contributed by atoms with Gasteiger partial charge in [-0.05, 0) is 37.0 Å². The maximum Gasteiger partial charge on any atom is 0.145 e. The van der Waals surface area contributed by atoms with Crippen LogP contribution in [0.1, 0.15) is 31.4 Å². The maximum atomic E-state index is 5.88. The van der Waals surface area contributed by atoms with E-state index in [-0.39, 0.29) is 0 Å². The summed E-state index contributed by atoms with van der Waals surface area (Å²) in [5, 5.41) is 0. The molecule has 0 saturated heterocycles. The quantitative estimate of drug-likeness (QED) is 0.746. The van der Waals surface area contributed by atoms with Crippen molar-refractivity contribution in [2.24, 2.45) is 0 Å². The Morgan fingerprint density at radius 2 is 2.00 bits per heavy atom. The minimum atomic E-state index is 0.737. The number of benzene rings is 1. The summed E-state index contributed by atoms with van der Waals surface area (Å²) in [6, 6.07) is 3.96. The molecule has 1 aromatic rings. The van der Waals surface area contributed by atoms with E-state index in [1.54, 1.807) is 0 Å². The van der Waals surface area contributed by atoms with Crippen molar-refractivity contribution < 1.29 is 4.74 Å². The highest BCUT2D eigenvalue weighted by molar-refractivity contribution is 5.59. The summed E-state index contributed by atoms with van der Waals surface area (Å²) in [4.78, 5) is 0. The molecule has 78 valence electrons. The minimum Gasteiger partial charge on any atom is -0.491 e. The van der Waals surface area contributed by atoms with Crippen molar-refractivity contribution >= 4 is 5.69 Å². The van der Waals surface area contributed by atoms with Gasteiger partial charge in [0.15, 0.2) is 0 Å². The lowest BCUT2D eigenvalue weighted by Crippen LogP contribution is -2.03. The molecule has 0 unspecified atom stereocenters. The fraction of sp³-hybridized carbons (Fsp3) is 0.500. The Balaban J connectivity index is 3.03. The first-order valence-corrected chi connectivity index (χ1v) is 5.21. The largest absolute Gasteiger partial charge is 0.491 e. The third-order valence-electron chi connectivity index (χ3n) is 2.33. The van der Waals surface area contributed by atoms with E-state index in [0.717, 1.165) is 30.9 Å². The average Bonchev–Trinajstić information content (AvgIpc) is 2.19. The van der Waals surface area contributed by atoms with E-state index >= 15 is 0 Å². The molecule has 2 heteroatoms. The van der Waals surface area contributed by atoms with Gasteiger partial charge in [0, 0.05) is 0 Å². The molecule has 0 radical (unpaired) electrons. The van der Waals surface area contributed by atoms with Crippen LogP contribution in [0.15, 0.2) is 12.1 Å². The molecular weight excluding hydrogens is 174 g/mol. The summed E-state index contributed by atoms with van der Waals surface area (Å²) in [7, 11) is 0. The summed E-state index contributed by atoms with van der Waals surface area (Å²) >= 11 is 0. The zero-order valence-corrected chi connectivity index (χ0v) is 9.26. The third kappa shape index (κ3) is 2.19.